The highest BCUT2D eigenvalue weighted by Crippen LogP contribution is 2.22. The number of nitrogens with one attached hydrogen (secondary N) is 1. The molecule has 2 aliphatic rings. The van der Waals surface area contributed by atoms with Crippen molar-refractivity contribution in [3.8, 4) is 0 Å². The van der Waals surface area contributed by atoms with Crippen LogP contribution in [-0.2, 0) is 9.53 Å². The second kappa shape index (κ2) is 6.53. The van der Waals surface area contributed by atoms with Gasteiger partial charge in [-0.3, -0.25) is 4.79 Å². The number of carbonyl (C=O) groups is 1. The van der Waals surface area contributed by atoms with Gasteiger partial charge < -0.3 is 15.0 Å². The Bertz CT molecular complexity index is 279. The summed E-state index contributed by atoms with van der Waals surface area (Å²) in [7, 11) is 0. The number of esters is 1. The standard InChI is InChI=1S/C14H26N2O2/c1-3-11-7-8-16(9-11)10-13(14(17)18-4-2)15-12-5-6-12/h11-13,15H,3-10H2,1-2H3. The average Bonchev–Trinajstić information content (AvgIpc) is 3.06. The molecule has 4 heteroatoms. The normalized spacial score (nSPS) is 26.2. The molecule has 1 aliphatic carbocycles. The largest absolute Gasteiger partial charge is 0.465 e. The van der Waals surface area contributed by atoms with E-state index in [4.69, 9.17) is 4.74 Å². The third-order valence-corrected chi connectivity index (χ3v) is 3.97. The molecule has 2 rings (SSSR count). The molecule has 2 fully saturated rings. The Kier molecular flexibility index (Phi) is 5.01. The van der Waals surface area contributed by atoms with E-state index in [9.17, 15) is 4.79 Å². The van der Waals surface area contributed by atoms with E-state index in [2.05, 4.69) is 17.1 Å². The zero-order valence-electron chi connectivity index (χ0n) is 11.7. The highest BCUT2D eigenvalue weighted by Gasteiger charge is 2.32. The zero-order chi connectivity index (χ0) is 13.0. The van der Waals surface area contributed by atoms with Crippen LogP contribution in [-0.4, -0.2) is 49.2 Å². The Morgan fingerprint density at radius 2 is 2.17 bits per heavy atom. The van der Waals surface area contributed by atoms with Gasteiger partial charge in [-0.1, -0.05) is 13.3 Å². The van der Waals surface area contributed by atoms with Crippen LogP contribution in [0, 0.1) is 5.92 Å². The average molecular weight is 254 g/mol. The Hall–Kier alpha value is -0.610. The fourth-order valence-corrected chi connectivity index (χ4v) is 2.64. The van der Waals surface area contributed by atoms with Crippen LogP contribution in [0.15, 0.2) is 0 Å². The Morgan fingerprint density at radius 3 is 2.72 bits per heavy atom. The summed E-state index contributed by atoms with van der Waals surface area (Å²) in [5, 5.41) is 3.42. The van der Waals surface area contributed by atoms with Gasteiger partial charge in [0.15, 0.2) is 0 Å². The number of rotatable bonds is 7. The van der Waals surface area contributed by atoms with Crippen LogP contribution in [0.5, 0.6) is 0 Å². The molecule has 0 amide bonds. The lowest BCUT2D eigenvalue weighted by Crippen LogP contribution is -2.47. The van der Waals surface area contributed by atoms with Crippen molar-refractivity contribution in [2.45, 2.75) is 51.6 Å². The van der Waals surface area contributed by atoms with Gasteiger partial charge in [0, 0.05) is 19.1 Å². The van der Waals surface area contributed by atoms with E-state index < -0.39 is 0 Å². The number of likely N-dealkylation sites (tertiary alicyclic amines) is 1. The summed E-state index contributed by atoms with van der Waals surface area (Å²) < 4.78 is 5.17. The first-order valence-corrected chi connectivity index (χ1v) is 7.38. The van der Waals surface area contributed by atoms with Crippen LogP contribution >= 0.6 is 0 Å². The van der Waals surface area contributed by atoms with Crippen molar-refractivity contribution >= 4 is 5.97 Å². The SMILES string of the molecule is CCOC(=O)C(CN1CCC(CC)C1)NC1CC1. The first kappa shape index (κ1) is 13.8. The Morgan fingerprint density at radius 1 is 1.39 bits per heavy atom. The zero-order valence-corrected chi connectivity index (χ0v) is 11.7. The molecule has 1 N–H and O–H groups in total. The van der Waals surface area contributed by atoms with Crippen LogP contribution in [0.1, 0.15) is 39.5 Å². The molecule has 1 aliphatic heterocycles. The van der Waals surface area contributed by atoms with Gasteiger partial charge in [0.25, 0.3) is 0 Å². The van der Waals surface area contributed by atoms with Crippen molar-refractivity contribution in [3.63, 3.8) is 0 Å². The van der Waals surface area contributed by atoms with E-state index in [1.807, 2.05) is 6.92 Å². The van der Waals surface area contributed by atoms with E-state index in [1.54, 1.807) is 0 Å². The lowest BCUT2D eigenvalue weighted by Gasteiger charge is -2.23. The van der Waals surface area contributed by atoms with Crippen molar-refractivity contribution in [1.29, 1.82) is 0 Å². The van der Waals surface area contributed by atoms with E-state index >= 15 is 0 Å². The third kappa shape index (κ3) is 3.95. The minimum atomic E-state index is -0.131. The fourth-order valence-electron chi connectivity index (χ4n) is 2.64. The molecule has 0 spiro atoms. The van der Waals surface area contributed by atoms with Crippen molar-refractivity contribution in [1.82, 2.24) is 10.2 Å². The molecular weight excluding hydrogens is 228 g/mol. The fraction of sp³-hybridized carbons (Fsp3) is 0.929. The van der Waals surface area contributed by atoms with Crippen molar-refractivity contribution < 1.29 is 9.53 Å². The van der Waals surface area contributed by atoms with Crippen LogP contribution in [0.3, 0.4) is 0 Å². The summed E-state index contributed by atoms with van der Waals surface area (Å²) in [5.41, 5.74) is 0. The van der Waals surface area contributed by atoms with Gasteiger partial charge >= 0.3 is 5.97 Å². The molecule has 1 saturated heterocycles. The van der Waals surface area contributed by atoms with Gasteiger partial charge in [-0.25, -0.2) is 0 Å². The Balaban J connectivity index is 1.82. The highest BCUT2D eigenvalue weighted by atomic mass is 16.5. The second-order valence-electron chi connectivity index (χ2n) is 5.57. The summed E-state index contributed by atoms with van der Waals surface area (Å²) in [5.74, 6) is 0.734. The van der Waals surface area contributed by atoms with E-state index in [0.29, 0.717) is 12.6 Å². The molecule has 18 heavy (non-hydrogen) atoms. The highest BCUT2D eigenvalue weighted by molar-refractivity contribution is 5.76. The van der Waals surface area contributed by atoms with Crippen molar-refractivity contribution in [2.75, 3.05) is 26.2 Å². The number of ether oxygens (including phenoxy) is 1. The number of nitrogens with zero attached hydrogens (tertiary/aromatic N) is 1. The first-order chi connectivity index (χ1) is 8.72. The smallest absolute Gasteiger partial charge is 0.324 e. The lowest BCUT2D eigenvalue weighted by molar-refractivity contribution is -0.146. The van der Waals surface area contributed by atoms with E-state index in [1.165, 1.54) is 25.7 Å². The number of hydrogen-bond donors (Lipinski definition) is 1. The summed E-state index contributed by atoms with van der Waals surface area (Å²) in [4.78, 5) is 14.3. The van der Waals surface area contributed by atoms with Crippen LogP contribution in [0.2, 0.25) is 0 Å². The first-order valence-electron chi connectivity index (χ1n) is 7.38. The molecule has 4 nitrogen and oxygen atoms in total. The third-order valence-electron chi connectivity index (χ3n) is 3.97. The molecule has 0 aromatic rings. The molecule has 2 unspecified atom stereocenters. The van der Waals surface area contributed by atoms with Gasteiger partial charge in [0.2, 0.25) is 0 Å². The topological polar surface area (TPSA) is 41.6 Å². The van der Waals surface area contributed by atoms with Gasteiger partial charge in [-0.2, -0.15) is 0 Å². The maximum atomic E-state index is 11.9. The summed E-state index contributed by atoms with van der Waals surface area (Å²) in [6.45, 7) is 7.67. The quantitative estimate of drug-likeness (QED) is 0.697. The lowest BCUT2D eigenvalue weighted by atomic mass is 10.1. The molecule has 0 aromatic heterocycles. The molecule has 1 saturated carbocycles. The number of hydrogen-bond acceptors (Lipinski definition) is 4. The van der Waals surface area contributed by atoms with Crippen LogP contribution in [0.4, 0.5) is 0 Å². The minimum Gasteiger partial charge on any atom is -0.465 e. The molecule has 0 bridgehead atoms. The van der Waals surface area contributed by atoms with E-state index in [-0.39, 0.29) is 12.0 Å². The predicted molar refractivity (Wildman–Crippen MR) is 71.4 cm³/mol. The van der Waals surface area contributed by atoms with Crippen molar-refractivity contribution in [2.24, 2.45) is 5.92 Å². The van der Waals surface area contributed by atoms with E-state index in [0.717, 1.165) is 25.6 Å². The summed E-state index contributed by atoms with van der Waals surface area (Å²) >= 11 is 0. The van der Waals surface area contributed by atoms with Gasteiger partial charge in [0.05, 0.1) is 6.61 Å². The minimum absolute atomic E-state index is 0.0793. The maximum Gasteiger partial charge on any atom is 0.324 e. The van der Waals surface area contributed by atoms with Gasteiger partial charge in [0.1, 0.15) is 6.04 Å². The molecular formula is C14H26N2O2. The summed E-state index contributed by atoms with van der Waals surface area (Å²) in [6.07, 6.45) is 4.92. The van der Waals surface area contributed by atoms with Crippen molar-refractivity contribution in [3.05, 3.63) is 0 Å². The Labute approximate surface area is 110 Å². The predicted octanol–water partition coefficient (Wildman–Crippen LogP) is 1.40. The summed E-state index contributed by atoms with van der Waals surface area (Å²) in [6, 6.07) is 0.414. The monoisotopic (exact) mass is 254 g/mol. The molecule has 104 valence electrons. The van der Waals surface area contributed by atoms with Crippen LogP contribution < -0.4 is 5.32 Å². The molecule has 0 radical (unpaired) electrons. The molecule has 0 aromatic carbocycles. The van der Waals surface area contributed by atoms with Gasteiger partial charge in [-0.15, -0.1) is 0 Å². The van der Waals surface area contributed by atoms with Crippen LogP contribution in [0.25, 0.3) is 0 Å². The van der Waals surface area contributed by atoms with Gasteiger partial charge in [-0.05, 0) is 38.6 Å². The maximum absolute atomic E-state index is 11.9. The molecule has 2 atom stereocenters. The molecule has 1 heterocycles. The number of carbonyl (C=O) groups excluding carboxylic acids is 1. The second-order valence-corrected chi connectivity index (χ2v) is 5.57.